The first-order valence-corrected chi connectivity index (χ1v) is 8.13. The molecule has 1 aromatic heterocycles. The molecule has 0 radical (unpaired) electrons. The van der Waals surface area contributed by atoms with Gasteiger partial charge in [-0.3, -0.25) is 10.1 Å². The molecule has 9 heteroatoms. The molecular formula is C15H11FN2O5S. The molecule has 24 heavy (non-hydrogen) atoms. The highest BCUT2D eigenvalue weighted by Crippen LogP contribution is 2.28. The van der Waals surface area contributed by atoms with Gasteiger partial charge in [-0.15, -0.1) is 0 Å². The van der Waals surface area contributed by atoms with E-state index in [1.165, 1.54) is 13.3 Å². The van der Waals surface area contributed by atoms with E-state index in [0.717, 1.165) is 16.1 Å². The number of nitro groups is 1. The third-order valence-electron chi connectivity index (χ3n) is 3.53. The SMILES string of the molecule is COc1ccc2c(ccn2S(=O)(=O)c2ccc(F)c([N+](=O)[O-])c2)c1. The fourth-order valence-electron chi connectivity index (χ4n) is 2.34. The van der Waals surface area contributed by atoms with Crippen LogP contribution in [-0.2, 0) is 10.0 Å². The van der Waals surface area contributed by atoms with Crippen molar-refractivity contribution in [3.8, 4) is 5.75 Å². The molecule has 0 saturated heterocycles. The molecule has 0 aliphatic carbocycles. The van der Waals surface area contributed by atoms with Crippen molar-refractivity contribution in [2.75, 3.05) is 7.11 Å². The highest BCUT2D eigenvalue weighted by molar-refractivity contribution is 7.90. The number of aromatic nitrogens is 1. The van der Waals surface area contributed by atoms with Crippen molar-refractivity contribution >= 4 is 26.6 Å². The van der Waals surface area contributed by atoms with E-state index in [9.17, 15) is 22.9 Å². The van der Waals surface area contributed by atoms with Gasteiger partial charge in [-0.1, -0.05) is 0 Å². The number of nitro benzene ring substituents is 1. The van der Waals surface area contributed by atoms with Gasteiger partial charge in [0.05, 0.1) is 22.4 Å². The molecule has 1 heterocycles. The van der Waals surface area contributed by atoms with Crippen molar-refractivity contribution in [3.63, 3.8) is 0 Å². The van der Waals surface area contributed by atoms with E-state index in [0.29, 0.717) is 22.7 Å². The lowest BCUT2D eigenvalue weighted by molar-refractivity contribution is -0.387. The van der Waals surface area contributed by atoms with Crippen LogP contribution in [0.4, 0.5) is 10.1 Å². The van der Waals surface area contributed by atoms with Crippen molar-refractivity contribution in [2.24, 2.45) is 0 Å². The molecule has 0 atom stereocenters. The summed E-state index contributed by atoms with van der Waals surface area (Å²) in [5, 5.41) is 11.4. The molecule has 0 saturated carbocycles. The molecule has 3 aromatic rings. The Morgan fingerprint density at radius 2 is 1.92 bits per heavy atom. The van der Waals surface area contributed by atoms with Crippen molar-refractivity contribution in [2.45, 2.75) is 4.90 Å². The number of nitrogens with zero attached hydrogens (tertiary/aromatic N) is 2. The number of rotatable bonds is 4. The number of hydrogen-bond acceptors (Lipinski definition) is 5. The Labute approximate surface area is 136 Å². The van der Waals surface area contributed by atoms with Crippen LogP contribution in [0.1, 0.15) is 0 Å². The summed E-state index contributed by atoms with van der Waals surface area (Å²) in [5.41, 5.74) is -0.517. The van der Waals surface area contributed by atoms with Crippen LogP contribution in [-0.4, -0.2) is 24.4 Å². The van der Waals surface area contributed by atoms with Crippen LogP contribution in [0, 0.1) is 15.9 Å². The Kier molecular flexibility index (Phi) is 3.72. The number of ether oxygens (including phenoxy) is 1. The van der Waals surface area contributed by atoms with Crippen LogP contribution >= 0.6 is 0 Å². The smallest absolute Gasteiger partial charge is 0.306 e. The average Bonchev–Trinajstić information content (AvgIpc) is 2.98. The van der Waals surface area contributed by atoms with Crippen molar-refractivity contribution < 1.29 is 22.5 Å². The van der Waals surface area contributed by atoms with Gasteiger partial charge in [0.15, 0.2) is 0 Å². The van der Waals surface area contributed by atoms with Crippen LogP contribution in [0.2, 0.25) is 0 Å². The third-order valence-corrected chi connectivity index (χ3v) is 5.22. The zero-order valence-corrected chi connectivity index (χ0v) is 13.2. The third kappa shape index (κ3) is 2.48. The standard InChI is InChI=1S/C15H11FN2O5S/c1-23-11-2-5-14-10(8-11)6-7-17(14)24(21,22)12-3-4-13(16)15(9-12)18(19)20/h2-9H,1H3. The second kappa shape index (κ2) is 5.60. The average molecular weight is 350 g/mol. The largest absolute Gasteiger partial charge is 0.497 e. The zero-order chi connectivity index (χ0) is 17.5. The Balaban J connectivity index is 2.18. The van der Waals surface area contributed by atoms with Gasteiger partial charge in [-0.05, 0) is 36.4 Å². The Morgan fingerprint density at radius 3 is 2.58 bits per heavy atom. The fraction of sp³-hybridized carbons (Fsp3) is 0.0667. The van der Waals surface area contributed by atoms with E-state index in [-0.39, 0.29) is 4.90 Å². The van der Waals surface area contributed by atoms with Crippen LogP contribution in [0.15, 0.2) is 53.6 Å². The summed E-state index contributed by atoms with van der Waals surface area (Å²) < 4.78 is 45.0. The first-order chi connectivity index (χ1) is 11.3. The topological polar surface area (TPSA) is 91.4 Å². The molecule has 0 spiro atoms. The molecule has 0 bridgehead atoms. The van der Waals surface area contributed by atoms with Crippen LogP contribution in [0.5, 0.6) is 5.75 Å². The second-order valence-corrected chi connectivity index (χ2v) is 6.73. The Morgan fingerprint density at radius 1 is 1.17 bits per heavy atom. The number of methoxy groups -OCH3 is 1. The molecule has 0 unspecified atom stereocenters. The summed E-state index contributed by atoms with van der Waals surface area (Å²) in [6.45, 7) is 0. The lowest BCUT2D eigenvalue weighted by atomic mass is 10.2. The van der Waals surface area contributed by atoms with Crippen LogP contribution in [0.3, 0.4) is 0 Å². The number of halogens is 1. The summed E-state index contributed by atoms with van der Waals surface area (Å²) >= 11 is 0. The summed E-state index contributed by atoms with van der Waals surface area (Å²) in [6, 6.07) is 8.86. The predicted molar refractivity (Wildman–Crippen MR) is 84.1 cm³/mol. The lowest BCUT2D eigenvalue weighted by Crippen LogP contribution is -2.12. The molecule has 0 fully saturated rings. The second-order valence-electron chi connectivity index (χ2n) is 4.91. The van der Waals surface area contributed by atoms with E-state index in [1.54, 1.807) is 24.3 Å². The van der Waals surface area contributed by atoms with E-state index >= 15 is 0 Å². The molecule has 0 aliphatic rings. The van der Waals surface area contributed by atoms with Gasteiger partial charge in [0.2, 0.25) is 5.82 Å². The minimum absolute atomic E-state index is 0.371. The summed E-state index contributed by atoms with van der Waals surface area (Å²) in [4.78, 5) is 9.48. The van der Waals surface area contributed by atoms with Crippen LogP contribution in [0.25, 0.3) is 10.9 Å². The lowest BCUT2D eigenvalue weighted by Gasteiger charge is -2.08. The molecule has 7 nitrogen and oxygen atoms in total. The summed E-state index contributed by atoms with van der Waals surface area (Å²) in [7, 11) is -2.62. The van der Waals surface area contributed by atoms with Gasteiger partial charge in [0.25, 0.3) is 10.0 Å². The van der Waals surface area contributed by atoms with Gasteiger partial charge in [0.1, 0.15) is 5.75 Å². The normalized spacial score (nSPS) is 11.6. The molecule has 3 rings (SSSR count). The predicted octanol–water partition coefficient (Wildman–Crippen LogP) is 2.93. The highest BCUT2D eigenvalue weighted by atomic mass is 32.2. The highest BCUT2D eigenvalue weighted by Gasteiger charge is 2.24. The number of fused-ring (bicyclic) bond motifs is 1. The Bertz CT molecular complexity index is 1060. The molecule has 124 valence electrons. The molecular weight excluding hydrogens is 339 g/mol. The minimum Gasteiger partial charge on any atom is -0.497 e. The zero-order valence-electron chi connectivity index (χ0n) is 12.3. The van der Waals surface area contributed by atoms with Gasteiger partial charge < -0.3 is 4.74 Å². The molecule has 0 amide bonds. The van der Waals surface area contributed by atoms with E-state index in [2.05, 4.69) is 0 Å². The maximum Gasteiger partial charge on any atom is 0.306 e. The fourth-order valence-corrected chi connectivity index (χ4v) is 3.71. The Hall–Kier alpha value is -2.94. The number of hydrogen-bond donors (Lipinski definition) is 0. The van der Waals surface area contributed by atoms with Gasteiger partial charge in [-0.25, -0.2) is 12.4 Å². The monoisotopic (exact) mass is 350 g/mol. The van der Waals surface area contributed by atoms with E-state index in [4.69, 9.17) is 4.74 Å². The summed E-state index contributed by atoms with van der Waals surface area (Å²) in [5.74, 6) is -0.531. The summed E-state index contributed by atoms with van der Waals surface area (Å²) in [6.07, 6.45) is 1.33. The van der Waals surface area contributed by atoms with Gasteiger partial charge in [-0.2, -0.15) is 4.39 Å². The maximum atomic E-state index is 13.4. The molecule has 0 N–H and O–H groups in total. The maximum absolute atomic E-state index is 13.4. The number of benzene rings is 2. The quantitative estimate of drug-likeness (QED) is 0.533. The van der Waals surface area contributed by atoms with Crippen molar-refractivity contribution in [3.05, 3.63) is 64.6 Å². The van der Waals surface area contributed by atoms with E-state index < -0.39 is 26.5 Å². The van der Waals surface area contributed by atoms with Crippen molar-refractivity contribution in [1.29, 1.82) is 0 Å². The minimum atomic E-state index is -4.11. The first-order valence-electron chi connectivity index (χ1n) is 6.69. The van der Waals surface area contributed by atoms with Crippen molar-refractivity contribution in [1.82, 2.24) is 3.97 Å². The van der Waals surface area contributed by atoms with Gasteiger partial charge in [0, 0.05) is 17.6 Å². The first kappa shape index (κ1) is 15.9. The van der Waals surface area contributed by atoms with Crippen LogP contribution < -0.4 is 4.74 Å². The molecule has 0 aliphatic heterocycles. The molecule has 2 aromatic carbocycles. The van der Waals surface area contributed by atoms with E-state index in [1.807, 2.05) is 0 Å². The van der Waals surface area contributed by atoms with Gasteiger partial charge >= 0.3 is 5.69 Å².